The highest BCUT2D eigenvalue weighted by Gasteiger charge is 2.47. The number of amides is 1. The monoisotopic (exact) mass is 370 g/mol. The molecule has 1 aromatic rings. The summed E-state index contributed by atoms with van der Waals surface area (Å²) < 4.78 is 31.2. The lowest BCUT2D eigenvalue weighted by molar-refractivity contribution is -0.137. The molecule has 0 radical (unpaired) electrons. The Bertz CT molecular complexity index is 717. The van der Waals surface area contributed by atoms with Gasteiger partial charge in [-0.3, -0.25) is 14.4 Å². The summed E-state index contributed by atoms with van der Waals surface area (Å²) in [6, 6.07) is 1.54. The molecule has 1 aromatic heterocycles. The minimum atomic E-state index is -3.11. The third-order valence-electron chi connectivity index (χ3n) is 5.21. The predicted octanol–water partition coefficient (Wildman–Crippen LogP) is -0.691. The van der Waals surface area contributed by atoms with Crippen LogP contribution in [0.2, 0.25) is 0 Å². The molecule has 2 fully saturated rings. The van der Waals surface area contributed by atoms with Gasteiger partial charge in [-0.1, -0.05) is 0 Å². The first kappa shape index (κ1) is 18.3. The molecule has 0 N–H and O–H groups in total. The summed E-state index contributed by atoms with van der Waals surface area (Å²) >= 11 is 0. The summed E-state index contributed by atoms with van der Waals surface area (Å²) in [5, 5.41) is 4.11. The second kappa shape index (κ2) is 7.43. The van der Waals surface area contributed by atoms with Crippen LogP contribution in [0, 0.1) is 0 Å². The van der Waals surface area contributed by atoms with E-state index >= 15 is 0 Å². The van der Waals surface area contributed by atoms with Crippen LogP contribution in [-0.4, -0.2) is 90.8 Å². The van der Waals surface area contributed by atoms with E-state index < -0.39 is 9.84 Å². The fraction of sp³-hybridized carbons (Fsp3) is 0.750. The molecule has 0 spiro atoms. The number of methoxy groups -OCH3 is 1. The van der Waals surface area contributed by atoms with Gasteiger partial charge in [-0.2, -0.15) is 5.10 Å². The van der Waals surface area contributed by atoms with Crippen molar-refractivity contribution in [2.45, 2.75) is 24.9 Å². The van der Waals surface area contributed by atoms with E-state index in [-0.39, 0.29) is 29.5 Å². The minimum Gasteiger partial charge on any atom is -0.383 e. The largest absolute Gasteiger partial charge is 0.383 e. The van der Waals surface area contributed by atoms with Crippen molar-refractivity contribution < 1.29 is 17.9 Å². The zero-order valence-electron chi connectivity index (χ0n) is 14.8. The van der Waals surface area contributed by atoms with Crippen molar-refractivity contribution in [1.82, 2.24) is 19.6 Å². The standard InChI is InChI=1S/C16H26N4O4S/c1-18-13(5-6-17-18)3-4-16(21)20-8-7-19(9-10-24-2)14-11-25(22,23)12-15(14)20/h5-6,14-15H,3-4,7-12H2,1-2H3. The highest BCUT2D eigenvalue weighted by Crippen LogP contribution is 2.27. The van der Waals surface area contributed by atoms with Crippen LogP contribution in [0.4, 0.5) is 0 Å². The summed E-state index contributed by atoms with van der Waals surface area (Å²) in [7, 11) is 0.387. The van der Waals surface area contributed by atoms with E-state index in [4.69, 9.17) is 4.74 Å². The summed E-state index contributed by atoms with van der Waals surface area (Å²) in [4.78, 5) is 16.7. The molecule has 2 atom stereocenters. The van der Waals surface area contributed by atoms with Crippen molar-refractivity contribution in [3.63, 3.8) is 0 Å². The first-order chi connectivity index (χ1) is 11.9. The summed E-state index contributed by atoms with van der Waals surface area (Å²) in [6.45, 7) is 2.53. The molecule has 9 heteroatoms. The van der Waals surface area contributed by atoms with Crippen molar-refractivity contribution in [3.05, 3.63) is 18.0 Å². The van der Waals surface area contributed by atoms with Crippen molar-refractivity contribution in [2.75, 3.05) is 44.9 Å². The van der Waals surface area contributed by atoms with E-state index in [1.807, 2.05) is 13.1 Å². The zero-order chi connectivity index (χ0) is 18.0. The van der Waals surface area contributed by atoms with Crippen LogP contribution in [0.15, 0.2) is 12.3 Å². The second-order valence-corrected chi connectivity index (χ2v) is 8.93. The van der Waals surface area contributed by atoms with Gasteiger partial charge in [0, 0.05) is 58.1 Å². The Morgan fingerprint density at radius 1 is 1.32 bits per heavy atom. The number of sulfone groups is 1. The third kappa shape index (κ3) is 4.04. The number of fused-ring (bicyclic) bond motifs is 1. The molecule has 25 heavy (non-hydrogen) atoms. The van der Waals surface area contributed by atoms with Gasteiger partial charge in [0.1, 0.15) is 0 Å². The topological polar surface area (TPSA) is 84.7 Å². The van der Waals surface area contributed by atoms with E-state index in [0.29, 0.717) is 39.1 Å². The summed E-state index contributed by atoms with van der Waals surface area (Å²) in [5.74, 6) is 0.227. The molecule has 3 rings (SSSR count). The highest BCUT2D eigenvalue weighted by atomic mass is 32.2. The quantitative estimate of drug-likeness (QED) is 0.659. The maximum absolute atomic E-state index is 12.7. The van der Waals surface area contributed by atoms with Gasteiger partial charge in [-0.25, -0.2) is 8.42 Å². The van der Waals surface area contributed by atoms with Crippen LogP contribution >= 0.6 is 0 Å². The predicted molar refractivity (Wildman–Crippen MR) is 92.9 cm³/mol. The second-order valence-electron chi connectivity index (χ2n) is 6.77. The Kier molecular flexibility index (Phi) is 5.45. The van der Waals surface area contributed by atoms with Gasteiger partial charge in [0.25, 0.3) is 0 Å². The Labute approximate surface area is 148 Å². The number of rotatable bonds is 6. The summed E-state index contributed by atoms with van der Waals surface area (Å²) in [5.41, 5.74) is 1.00. The lowest BCUT2D eigenvalue weighted by Crippen LogP contribution is -2.61. The van der Waals surface area contributed by atoms with Crippen molar-refractivity contribution in [2.24, 2.45) is 7.05 Å². The van der Waals surface area contributed by atoms with E-state index in [0.717, 1.165) is 5.69 Å². The normalized spacial score (nSPS) is 25.9. The zero-order valence-corrected chi connectivity index (χ0v) is 15.6. The molecule has 2 unspecified atom stereocenters. The molecule has 0 saturated carbocycles. The SMILES string of the molecule is COCCN1CCN(C(=O)CCc2ccnn2C)C2CS(=O)(=O)CC21. The number of nitrogens with zero attached hydrogens (tertiary/aromatic N) is 4. The Balaban J connectivity index is 1.67. The van der Waals surface area contributed by atoms with E-state index in [1.165, 1.54) is 0 Å². The maximum Gasteiger partial charge on any atom is 0.223 e. The van der Waals surface area contributed by atoms with Gasteiger partial charge in [-0.05, 0) is 12.5 Å². The molecule has 2 aliphatic rings. The molecule has 3 heterocycles. The number of hydrogen-bond donors (Lipinski definition) is 0. The number of aryl methyl sites for hydroxylation is 2. The number of aromatic nitrogens is 2. The number of ether oxygens (including phenoxy) is 1. The maximum atomic E-state index is 12.7. The minimum absolute atomic E-state index is 0.0275. The molecule has 1 amide bonds. The van der Waals surface area contributed by atoms with E-state index in [1.54, 1.807) is 22.9 Å². The van der Waals surface area contributed by atoms with E-state index in [2.05, 4.69) is 10.00 Å². The fourth-order valence-corrected chi connectivity index (χ4v) is 5.86. The van der Waals surface area contributed by atoms with Crippen LogP contribution in [0.1, 0.15) is 12.1 Å². The molecular weight excluding hydrogens is 344 g/mol. The molecule has 0 aromatic carbocycles. The molecule has 2 aliphatic heterocycles. The van der Waals surface area contributed by atoms with Gasteiger partial charge >= 0.3 is 0 Å². The van der Waals surface area contributed by atoms with Gasteiger partial charge in [-0.15, -0.1) is 0 Å². The molecule has 140 valence electrons. The van der Waals surface area contributed by atoms with Crippen LogP contribution in [0.5, 0.6) is 0 Å². The number of carbonyl (C=O) groups is 1. The number of carbonyl (C=O) groups excluding carboxylic acids is 1. The average Bonchev–Trinajstić information content (AvgIpc) is 3.11. The molecular formula is C16H26N4O4S. The first-order valence-corrected chi connectivity index (χ1v) is 10.4. The lowest BCUT2D eigenvalue weighted by Gasteiger charge is -2.44. The van der Waals surface area contributed by atoms with Crippen LogP contribution < -0.4 is 0 Å². The molecule has 0 bridgehead atoms. The fourth-order valence-electron chi connectivity index (χ4n) is 3.85. The van der Waals surface area contributed by atoms with Crippen molar-refractivity contribution >= 4 is 15.7 Å². The van der Waals surface area contributed by atoms with Gasteiger partial charge < -0.3 is 9.64 Å². The number of piperazine rings is 1. The third-order valence-corrected chi connectivity index (χ3v) is 6.91. The first-order valence-electron chi connectivity index (χ1n) is 8.61. The van der Waals surface area contributed by atoms with Gasteiger partial charge in [0.2, 0.25) is 5.91 Å². The Morgan fingerprint density at radius 2 is 2.08 bits per heavy atom. The number of hydrogen-bond acceptors (Lipinski definition) is 6. The molecule has 0 aliphatic carbocycles. The Morgan fingerprint density at radius 3 is 2.76 bits per heavy atom. The van der Waals surface area contributed by atoms with Crippen LogP contribution in [0.25, 0.3) is 0 Å². The smallest absolute Gasteiger partial charge is 0.223 e. The van der Waals surface area contributed by atoms with Crippen LogP contribution in [-0.2, 0) is 32.8 Å². The average molecular weight is 370 g/mol. The van der Waals surface area contributed by atoms with Crippen LogP contribution in [0.3, 0.4) is 0 Å². The molecule has 8 nitrogen and oxygen atoms in total. The highest BCUT2D eigenvalue weighted by molar-refractivity contribution is 7.91. The Hall–Kier alpha value is -1.45. The van der Waals surface area contributed by atoms with Crippen molar-refractivity contribution in [3.8, 4) is 0 Å². The lowest BCUT2D eigenvalue weighted by atomic mass is 10.0. The van der Waals surface area contributed by atoms with E-state index in [9.17, 15) is 13.2 Å². The summed E-state index contributed by atoms with van der Waals surface area (Å²) in [6.07, 6.45) is 2.71. The van der Waals surface area contributed by atoms with Crippen molar-refractivity contribution in [1.29, 1.82) is 0 Å². The van der Waals surface area contributed by atoms with Gasteiger partial charge in [0.05, 0.1) is 24.2 Å². The molecule has 2 saturated heterocycles. The van der Waals surface area contributed by atoms with Gasteiger partial charge in [0.15, 0.2) is 9.84 Å².